The van der Waals surface area contributed by atoms with Crippen molar-refractivity contribution in [3.63, 3.8) is 0 Å². The molecular weight excluding hydrogens is 231 g/mol. The van der Waals surface area contributed by atoms with Crippen molar-refractivity contribution < 1.29 is 12.8 Å². The molecule has 16 heavy (non-hydrogen) atoms. The standard InChI is InChI=1S/C10H15FN2O2S/c1-7(2)13(3)16(14,15)10-5-4-8(12)6-9(10)11/h4-7H,12H2,1-3H3. The smallest absolute Gasteiger partial charge is 0.245 e. The number of hydrogen-bond donors (Lipinski definition) is 1. The molecule has 2 N–H and O–H groups in total. The largest absolute Gasteiger partial charge is 0.399 e. The van der Waals surface area contributed by atoms with Crippen molar-refractivity contribution in [1.82, 2.24) is 4.31 Å². The second-order valence-corrected chi connectivity index (χ2v) is 5.77. The van der Waals surface area contributed by atoms with Gasteiger partial charge < -0.3 is 5.73 Å². The molecule has 4 nitrogen and oxygen atoms in total. The number of hydrogen-bond acceptors (Lipinski definition) is 3. The first-order valence-corrected chi connectivity index (χ1v) is 6.24. The summed E-state index contributed by atoms with van der Waals surface area (Å²) in [5.74, 6) is -0.826. The van der Waals surface area contributed by atoms with Crippen molar-refractivity contribution in [3.05, 3.63) is 24.0 Å². The first-order valence-electron chi connectivity index (χ1n) is 4.80. The molecule has 1 aromatic carbocycles. The fraction of sp³-hybridized carbons (Fsp3) is 0.400. The van der Waals surface area contributed by atoms with Crippen molar-refractivity contribution in [2.45, 2.75) is 24.8 Å². The molecule has 0 aliphatic heterocycles. The first-order chi connectivity index (χ1) is 7.26. The van der Waals surface area contributed by atoms with Crippen molar-refractivity contribution >= 4 is 15.7 Å². The monoisotopic (exact) mass is 246 g/mol. The highest BCUT2D eigenvalue weighted by Crippen LogP contribution is 2.21. The van der Waals surface area contributed by atoms with E-state index in [-0.39, 0.29) is 16.6 Å². The Labute approximate surface area is 94.9 Å². The summed E-state index contributed by atoms with van der Waals surface area (Å²) in [5.41, 5.74) is 5.56. The molecule has 0 fully saturated rings. The molecule has 0 aliphatic rings. The van der Waals surface area contributed by atoms with Crippen LogP contribution in [-0.4, -0.2) is 25.8 Å². The summed E-state index contributed by atoms with van der Waals surface area (Å²) in [4.78, 5) is -0.349. The molecular formula is C10H15FN2O2S. The van der Waals surface area contributed by atoms with Crippen LogP contribution in [0, 0.1) is 5.82 Å². The van der Waals surface area contributed by atoms with E-state index in [1.54, 1.807) is 13.8 Å². The van der Waals surface area contributed by atoms with Gasteiger partial charge in [-0.1, -0.05) is 0 Å². The SMILES string of the molecule is CC(C)N(C)S(=O)(=O)c1ccc(N)cc1F. The molecule has 1 aromatic rings. The molecule has 1 rings (SSSR count). The molecule has 0 heterocycles. The van der Waals surface area contributed by atoms with Crippen LogP contribution in [-0.2, 0) is 10.0 Å². The third kappa shape index (κ3) is 2.33. The lowest BCUT2D eigenvalue weighted by atomic mass is 10.3. The molecule has 0 radical (unpaired) electrons. The Morgan fingerprint density at radius 2 is 1.94 bits per heavy atom. The van der Waals surface area contributed by atoms with Gasteiger partial charge >= 0.3 is 0 Å². The van der Waals surface area contributed by atoms with E-state index in [0.29, 0.717) is 0 Å². The number of sulfonamides is 1. The molecule has 0 bridgehead atoms. The Bertz CT molecular complexity index is 486. The van der Waals surface area contributed by atoms with Crippen molar-refractivity contribution in [3.8, 4) is 0 Å². The van der Waals surface area contributed by atoms with Crippen molar-refractivity contribution in [2.75, 3.05) is 12.8 Å². The van der Waals surface area contributed by atoms with Crippen molar-refractivity contribution in [1.29, 1.82) is 0 Å². The zero-order chi connectivity index (χ0) is 12.5. The summed E-state index contributed by atoms with van der Waals surface area (Å²) in [5, 5.41) is 0. The van der Waals surface area contributed by atoms with E-state index >= 15 is 0 Å². The Kier molecular flexibility index (Phi) is 3.54. The summed E-state index contributed by atoms with van der Waals surface area (Å²) >= 11 is 0. The molecule has 0 aliphatic carbocycles. The highest BCUT2D eigenvalue weighted by atomic mass is 32.2. The lowest BCUT2D eigenvalue weighted by Crippen LogP contribution is -2.33. The van der Waals surface area contributed by atoms with Crippen LogP contribution in [0.1, 0.15) is 13.8 Å². The molecule has 0 spiro atoms. The van der Waals surface area contributed by atoms with Crippen LogP contribution < -0.4 is 5.73 Å². The van der Waals surface area contributed by atoms with Gasteiger partial charge in [-0.3, -0.25) is 0 Å². The fourth-order valence-electron chi connectivity index (χ4n) is 1.16. The van der Waals surface area contributed by atoms with Gasteiger partial charge in [-0.05, 0) is 32.0 Å². The van der Waals surface area contributed by atoms with Crippen LogP contribution in [0.15, 0.2) is 23.1 Å². The summed E-state index contributed by atoms with van der Waals surface area (Å²) < 4.78 is 38.5. The summed E-state index contributed by atoms with van der Waals surface area (Å²) in [7, 11) is -2.37. The minimum absolute atomic E-state index is 0.198. The molecule has 0 saturated carbocycles. The average molecular weight is 246 g/mol. The van der Waals surface area contributed by atoms with Gasteiger partial charge in [-0.15, -0.1) is 0 Å². The van der Waals surface area contributed by atoms with Gasteiger partial charge in [0.15, 0.2) is 0 Å². The molecule has 90 valence electrons. The van der Waals surface area contributed by atoms with Gasteiger partial charge in [0.1, 0.15) is 10.7 Å². The normalized spacial score (nSPS) is 12.4. The van der Waals surface area contributed by atoms with Crippen LogP contribution in [0.2, 0.25) is 0 Å². The predicted molar refractivity (Wildman–Crippen MR) is 60.9 cm³/mol. The topological polar surface area (TPSA) is 63.4 Å². The second-order valence-electron chi connectivity index (χ2n) is 3.80. The summed E-state index contributed by atoms with van der Waals surface area (Å²) in [6, 6.07) is 3.31. The van der Waals surface area contributed by atoms with Gasteiger partial charge in [-0.2, -0.15) is 4.31 Å². The maximum absolute atomic E-state index is 13.5. The quantitative estimate of drug-likeness (QED) is 0.821. The predicted octanol–water partition coefficient (Wildman–Crippen LogP) is 1.44. The maximum atomic E-state index is 13.5. The van der Waals surface area contributed by atoms with E-state index in [1.165, 1.54) is 19.2 Å². The highest BCUT2D eigenvalue weighted by molar-refractivity contribution is 7.89. The number of nitrogens with zero attached hydrogens (tertiary/aromatic N) is 1. The maximum Gasteiger partial charge on any atom is 0.245 e. The van der Waals surface area contributed by atoms with E-state index in [9.17, 15) is 12.8 Å². The van der Waals surface area contributed by atoms with Crippen LogP contribution in [0.5, 0.6) is 0 Å². The van der Waals surface area contributed by atoms with Gasteiger partial charge in [0.25, 0.3) is 0 Å². The second kappa shape index (κ2) is 4.39. The van der Waals surface area contributed by atoms with Crippen LogP contribution in [0.25, 0.3) is 0 Å². The third-order valence-corrected chi connectivity index (χ3v) is 4.41. The Hall–Kier alpha value is -1.14. The van der Waals surface area contributed by atoms with E-state index in [1.807, 2.05) is 0 Å². The molecule has 0 amide bonds. The molecule has 0 atom stereocenters. The summed E-state index contributed by atoms with van der Waals surface area (Å²) in [6.45, 7) is 3.43. The lowest BCUT2D eigenvalue weighted by molar-refractivity contribution is 0.407. The number of benzene rings is 1. The van der Waals surface area contributed by atoms with E-state index in [2.05, 4.69) is 0 Å². The number of nitrogens with two attached hydrogens (primary N) is 1. The molecule has 0 unspecified atom stereocenters. The van der Waals surface area contributed by atoms with E-state index < -0.39 is 15.8 Å². The van der Waals surface area contributed by atoms with Gasteiger partial charge in [0.2, 0.25) is 10.0 Å². The first kappa shape index (κ1) is 12.9. The Balaban J connectivity index is 3.28. The zero-order valence-corrected chi connectivity index (χ0v) is 10.3. The van der Waals surface area contributed by atoms with Crippen molar-refractivity contribution in [2.24, 2.45) is 0 Å². The van der Waals surface area contributed by atoms with Gasteiger partial charge in [0.05, 0.1) is 0 Å². The Morgan fingerprint density at radius 1 is 1.38 bits per heavy atom. The molecule has 0 aromatic heterocycles. The lowest BCUT2D eigenvalue weighted by Gasteiger charge is -2.21. The Morgan fingerprint density at radius 3 is 2.38 bits per heavy atom. The third-order valence-electron chi connectivity index (χ3n) is 2.34. The number of rotatable bonds is 3. The minimum Gasteiger partial charge on any atom is -0.399 e. The molecule has 0 saturated heterocycles. The van der Waals surface area contributed by atoms with E-state index in [0.717, 1.165) is 10.4 Å². The summed E-state index contributed by atoms with van der Waals surface area (Å²) in [6.07, 6.45) is 0. The number of anilines is 1. The molecule has 6 heteroatoms. The number of nitrogen functional groups attached to an aromatic ring is 1. The fourth-order valence-corrected chi connectivity index (χ4v) is 2.57. The van der Waals surface area contributed by atoms with Crippen LogP contribution in [0.4, 0.5) is 10.1 Å². The number of halogens is 1. The van der Waals surface area contributed by atoms with Gasteiger partial charge in [0, 0.05) is 18.8 Å². The van der Waals surface area contributed by atoms with Crippen LogP contribution in [0.3, 0.4) is 0 Å². The average Bonchev–Trinajstić information content (AvgIpc) is 2.15. The van der Waals surface area contributed by atoms with Gasteiger partial charge in [-0.25, -0.2) is 12.8 Å². The minimum atomic E-state index is -3.78. The van der Waals surface area contributed by atoms with Crippen LogP contribution >= 0.6 is 0 Å². The zero-order valence-electron chi connectivity index (χ0n) is 9.44. The highest BCUT2D eigenvalue weighted by Gasteiger charge is 2.26. The van der Waals surface area contributed by atoms with E-state index in [4.69, 9.17) is 5.73 Å².